The van der Waals surface area contributed by atoms with Gasteiger partial charge in [-0.3, -0.25) is 0 Å². The zero-order valence-corrected chi connectivity index (χ0v) is 8.43. The van der Waals surface area contributed by atoms with E-state index in [4.69, 9.17) is 0 Å². The zero-order chi connectivity index (χ0) is 9.42. The van der Waals surface area contributed by atoms with Gasteiger partial charge in [0.25, 0.3) is 0 Å². The second kappa shape index (κ2) is 3.02. The molecule has 68 valence electrons. The molecule has 0 saturated carbocycles. The van der Waals surface area contributed by atoms with Crippen LogP contribution in [-0.2, 0) is 12.8 Å². The van der Waals surface area contributed by atoms with Gasteiger partial charge in [-0.2, -0.15) is 0 Å². The molecule has 13 heavy (non-hydrogen) atoms. The third-order valence-electron chi connectivity index (χ3n) is 3.12. The molecule has 0 nitrogen and oxygen atoms in total. The van der Waals surface area contributed by atoms with Crippen molar-refractivity contribution in [3.05, 3.63) is 47.0 Å². The minimum Gasteiger partial charge on any atom is -0.0998 e. The molecule has 1 aliphatic rings. The Morgan fingerprint density at radius 2 is 2.15 bits per heavy atom. The number of hydrogen-bond donors (Lipinski definition) is 0. The molecule has 0 amide bonds. The Morgan fingerprint density at radius 3 is 2.77 bits per heavy atom. The first kappa shape index (κ1) is 8.55. The predicted molar refractivity (Wildman–Crippen MR) is 56.9 cm³/mol. The molecular formula is C13H16. The van der Waals surface area contributed by atoms with Crippen LogP contribution in [0.1, 0.15) is 23.6 Å². The standard InChI is InChI=1S/C13H16/c1-9(2)12-7-11-6-4-5-10(3)13(11)8-12/h4-6,12H,1,7-8H2,2-3H3. The van der Waals surface area contributed by atoms with E-state index in [1.165, 1.54) is 29.5 Å². The fourth-order valence-corrected chi connectivity index (χ4v) is 2.18. The van der Waals surface area contributed by atoms with Gasteiger partial charge in [-0.1, -0.05) is 30.4 Å². The molecule has 0 spiro atoms. The van der Waals surface area contributed by atoms with Crippen LogP contribution in [0.25, 0.3) is 0 Å². The zero-order valence-electron chi connectivity index (χ0n) is 8.43. The predicted octanol–water partition coefficient (Wildman–Crippen LogP) is 3.29. The molecule has 1 aromatic carbocycles. The fourth-order valence-electron chi connectivity index (χ4n) is 2.18. The number of allylic oxidation sites excluding steroid dienone is 1. The van der Waals surface area contributed by atoms with Crippen molar-refractivity contribution in [2.24, 2.45) is 5.92 Å². The summed E-state index contributed by atoms with van der Waals surface area (Å²) in [5, 5.41) is 0. The summed E-state index contributed by atoms with van der Waals surface area (Å²) in [4.78, 5) is 0. The van der Waals surface area contributed by atoms with Crippen LogP contribution in [0.4, 0.5) is 0 Å². The summed E-state index contributed by atoms with van der Waals surface area (Å²) >= 11 is 0. The van der Waals surface area contributed by atoms with Crippen LogP contribution in [-0.4, -0.2) is 0 Å². The fraction of sp³-hybridized carbons (Fsp3) is 0.385. The number of rotatable bonds is 1. The molecule has 1 atom stereocenters. The van der Waals surface area contributed by atoms with E-state index in [9.17, 15) is 0 Å². The van der Waals surface area contributed by atoms with Crippen LogP contribution in [0.2, 0.25) is 0 Å². The molecule has 1 aliphatic carbocycles. The Morgan fingerprint density at radius 1 is 1.38 bits per heavy atom. The van der Waals surface area contributed by atoms with Gasteiger partial charge in [0.2, 0.25) is 0 Å². The van der Waals surface area contributed by atoms with Crippen LogP contribution in [0, 0.1) is 12.8 Å². The van der Waals surface area contributed by atoms with Crippen LogP contribution in [0.5, 0.6) is 0 Å². The first-order valence-electron chi connectivity index (χ1n) is 4.91. The molecule has 0 N–H and O–H groups in total. The highest BCUT2D eigenvalue weighted by atomic mass is 14.3. The molecule has 0 saturated heterocycles. The van der Waals surface area contributed by atoms with E-state index in [0.717, 1.165) is 0 Å². The number of fused-ring (bicyclic) bond motifs is 1. The van der Waals surface area contributed by atoms with Crippen molar-refractivity contribution >= 4 is 0 Å². The molecular weight excluding hydrogens is 156 g/mol. The molecule has 0 fully saturated rings. The van der Waals surface area contributed by atoms with Crippen molar-refractivity contribution in [1.82, 2.24) is 0 Å². The second-order valence-corrected chi connectivity index (χ2v) is 4.16. The minimum absolute atomic E-state index is 0.691. The topological polar surface area (TPSA) is 0 Å². The lowest BCUT2D eigenvalue weighted by Crippen LogP contribution is -1.99. The largest absolute Gasteiger partial charge is 0.0998 e. The van der Waals surface area contributed by atoms with Crippen LogP contribution in [0.15, 0.2) is 30.4 Å². The van der Waals surface area contributed by atoms with Gasteiger partial charge in [0.05, 0.1) is 0 Å². The van der Waals surface area contributed by atoms with Crippen molar-refractivity contribution in [2.45, 2.75) is 26.7 Å². The van der Waals surface area contributed by atoms with Gasteiger partial charge in [0.15, 0.2) is 0 Å². The van der Waals surface area contributed by atoms with Crippen molar-refractivity contribution in [2.75, 3.05) is 0 Å². The summed E-state index contributed by atoms with van der Waals surface area (Å²) in [6, 6.07) is 6.62. The maximum absolute atomic E-state index is 4.05. The van der Waals surface area contributed by atoms with Gasteiger partial charge >= 0.3 is 0 Å². The van der Waals surface area contributed by atoms with Crippen molar-refractivity contribution in [1.29, 1.82) is 0 Å². The van der Waals surface area contributed by atoms with Crippen LogP contribution in [0.3, 0.4) is 0 Å². The van der Waals surface area contributed by atoms with Crippen molar-refractivity contribution in [3.8, 4) is 0 Å². The van der Waals surface area contributed by atoms with E-state index < -0.39 is 0 Å². The summed E-state index contributed by atoms with van der Waals surface area (Å²) in [5.41, 5.74) is 5.88. The highest BCUT2D eigenvalue weighted by Crippen LogP contribution is 2.32. The lowest BCUT2D eigenvalue weighted by Gasteiger charge is -2.06. The first-order valence-corrected chi connectivity index (χ1v) is 4.91. The third-order valence-corrected chi connectivity index (χ3v) is 3.12. The first-order chi connectivity index (χ1) is 6.18. The summed E-state index contributed by atoms with van der Waals surface area (Å²) in [5.74, 6) is 0.691. The van der Waals surface area contributed by atoms with Gasteiger partial charge < -0.3 is 0 Å². The van der Waals surface area contributed by atoms with Crippen LogP contribution >= 0.6 is 0 Å². The van der Waals surface area contributed by atoms with E-state index in [0.29, 0.717) is 5.92 Å². The average Bonchev–Trinajstić information content (AvgIpc) is 2.49. The van der Waals surface area contributed by atoms with E-state index in [1.54, 1.807) is 5.56 Å². The Kier molecular flexibility index (Phi) is 1.99. The van der Waals surface area contributed by atoms with E-state index in [-0.39, 0.29) is 0 Å². The maximum atomic E-state index is 4.05. The summed E-state index contributed by atoms with van der Waals surface area (Å²) in [6.45, 7) is 8.40. The molecule has 0 heteroatoms. The SMILES string of the molecule is C=C(C)C1Cc2cccc(C)c2C1. The number of benzene rings is 1. The molecule has 0 radical (unpaired) electrons. The summed E-state index contributed by atoms with van der Waals surface area (Å²) in [7, 11) is 0. The Bertz CT molecular complexity index is 347. The quantitative estimate of drug-likeness (QED) is 0.570. The smallest absolute Gasteiger partial charge is 0.0127 e. The normalized spacial score (nSPS) is 20.0. The van der Waals surface area contributed by atoms with Gasteiger partial charge in [-0.05, 0) is 49.3 Å². The van der Waals surface area contributed by atoms with Crippen molar-refractivity contribution in [3.63, 3.8) is 0 Å². The third kappa shape index (κ3) is 1.41. The Hall–Kier alpha value is -1.04. The lowest BCUT2D eigenvalue weighted by atomic mass is 9.99. The highest BCUT2D eigenvalue weighted by Gasteiger charge is 2.22. The van der Waals surface area contributed by atoms with Gasteiger partial charge in [0.1, 0.15) is 0 Å². The van der Waals surface area contributed by atoms with E-state index in [2.05, 4.69) is 38.6 Å². The molecule has 1 unspecified atom stereocenters. The molecule has 1 aromatic rings. The molecule has 0 aromatic heterocycles. The highest BCUT2D eigenvalue weighted by molar-refractivity contribution is 5.40. The van der Waals surface area contributed by atoms with Gasteiger partial charge in [0, 0.05) is 0 Å². The monoisotopic (exact) mass is 172 g/mol. The summed E-state index contributed by atoms with van der Waals surface area (Å²) < 4.78 is 0. The average molecular weight is 172 g/mol. The van der Waals surface area contributed by atoms with Gasteiger partial charge in [-0.15, -0.1) is 0 Å². The second-order valence-electron chi connectivity index (χ2n) is 4.16. The molecule has 0 bridgehead atoms. The van der Waals surface area contributed by atoms with E-state index in [1.807, 2.05) is 0 Å². The van der Waals surface area contributed by atoms with E-state index >= 15 is 0 Å². The Labute approximate surface area is 80.3 Å². The lowest BCUT2D eigenvalue weighted by molar-refractivity contribution is 0.660. The molecule has 2 rings (SSSR count). The molecule has 0 aliphatic heterocycles. The molecule has 0 heterocycles. The Balaban J connectivity index is 2.35. The van der Waals surface area contributed by atoms with Crippen LogP contribution < -0.4 is 0 Å². The van der Waals surface area contributed by atoms with Crippen molar-refractivity contribution < 1.29 is 0 Å². The summed E-state index contributed by atoms with van der Waals surface area (Å²) in [6.07, 6.45) is 2.41. The number of hydrogen-bond acceptors (Lipinski definition) is 0. The van der Waals surface area contributed by atoms with Gasteiger partial charge in [-0.25, -0.2) is 0 Å². The maximum Gasteiger partial charge on any atom is -0.0127 e. The minimum atomic E-state index is 0.691. The number of aryl methyl sites for hydroxylation is 1.